The van der Waals surface area contributed by atoms with E-state index in [4.69, 9.17) is 4.74 Å². The molecule has 0 radical (unpaired) electrons. The molecule has 0 bridgehead atoms. The highest BCUT2D eigenvalue weighted by atomic mass is 16.5. The van der Waals surface area contributed by atoms with Crippen LogP contribution in [0.4, 0.5) is 0 Å². The molecule has 2 heterocycles. The van der Waals surface area contributed by atoms with Gasteiger partial charge in [0.1, 0.15) is 17.9 Å². The maximum absolute atomic E-state index is 5.98. The van der Waals surface area contributed by atoms with Gasteiger partial charge in [0.25, 0.3) is 0 Å². The summed E-state index contributed by atoms with van der Waals surface area (Å²) in [5.41, 5.74) is 1.26. The molecule has 1 saturated carbocycles. The van der Waals surface area contributed by atoms with Crippen molar-refractivity contribution >= 4 is 0 Å². The van der Waals surface area contributed by atoms with Crippen LogP contribution in [0, 0.1) is 11.8 Å². The highest BCUT2D eigenvalue weighted by Gasteiger charge is 2.22. The van der Waals surface area contributed by atoms with Crippen molar-refractivity contribution in [3.63, 3.8) is 0 Å². The Labute approximate surface area is 137 Å². The molecule has 5 heteroatoms. The average Bonchev–Trinajstić information content (AvgIpc) is 3.29. The van der Waals surface area contributed by atoms with Gasteiger partial charge < -0.3 is 14.6 Å². The second kappa shape index (κ2) is 6.71. The van der Waals surface area contributed by atoms with Gasteiger partial charge in [0, 0.05) is 25.1 Å². The minimum absolute atomic E-state index is 0.651. The first-order chi connectivity index (χ1) is 11.4. The molecule has 2 aromatic rings. The van der Waals surface area contributed by atoms with Crippen molar-refractivity contribution in [3.05, 3.63) is 42.0 Å². The van der Waals surface area contributed by atoms with Crippen molar-refractivity contribution in [1.29, 1.82) is 0 Å². The Morgan fingerprint density at radius 3 is 3.00 bits per heavy atom. The SMILES string of the molecule is c1ccc(OCC2CC2)c(CNCC2CCc3nncn3C2)c1. The van der Waals surface area contributed by atoms with Gasteiger partial charge in [0.05, 0.1) is 6.61 Å². The summed E-state index contributed by atoms with van der Waals surface area (Å²) in [5.74, 6) is 3.60. The topological polar surface area (TPSA) is 52.0 Å². The molecule has 0 amide bonds. The number of ether oxygens (including phenoxy) is 1. The molecule has 0 spiro atoms. The van der Waals surface area contributed by atoms with Crippen molar-refractivity contribution in [2.75, 3.05) is 13.2 Å². The van der Waals surface area contributed by atoms with E-state index < -0.39 is 0 Å². The first kappa shape index (κ1) is 14.7. The van der Waals surface area contributed by atoms with Gasteiger partial charge in [0.15, 0.2) is 0 Å². The van der Waals surface area contributed by atoms with Crippen molar-refractivity contribution < 1.29 is 4.74 Å². The Balaban J connectivity index is 1.28. The van der Waals surface area contributed by atoms with E-state index in [2.05, 4.69) is 44.3 Å². The van der Waals surface area contributed by atoms with Gasteiger partial charge >= 0.3 is 0 Å². The van der Waals surface area contributed by atoms with E-state index in [1.54, 1.807) is 0 Å². The zero-order chi connectivity index (χ0) is 15.5. The summed E-state index contributed by atoms with van der Waals surface area (Å²) in [6, 6.07) is 8.39. The number of para-hydroxylation sites is 1. The van der Waals surface area contributed by atoms with Crippen LogP contribution < -0.4 is 10.1 Å². The van der Waals surface area contributed by atoms with Gasteiger partial charge in [-0.1, -0.05) is 18.2 Å². The summed E-state index contributed by atoms with van der Waals surface area (Å²) >= 11 is 0. The fourth-order valence-corrected chi connectivity index (χ4v) is 3.19. The monoisotopic (exact) mass is 312 g/mol. The number of fused-ring (bicyclic) bond motifs is 1. The van der Waals surface area contributed by atoms with Crippen LogP contribution in [0.1, 0.15) is 30.7 Å². The number of hydrogen-bond acceptors (Lipinski definition) is 4. The molecule has 1 N–H and O–H groups in total. The number of benzene rings is 1. The molecule has 1 aliphatic heterocycles. The lowest BCUT2D eigenvalue weighted by Gasteiger charge is -2.23. The van der Waals surface area contributed by atoms with Crippen LogP contribution in [-0.2, 0) is 19.5 Å². The van der Waals surface area contributed by atoms with Crippen LogP contribution in [-0.4, -0.2) is 27.9 Å². The predicted molar refractivity (Wildman–Crippen MR) is 88.2 cm³/mol. The van der Waals surface area contributed by atoms with E-state index in [0.717, 1.165) is 50.2 Å². The highest BCUT2D eigenvalue weighted by molar-refractivity contribution is 5.33. The van der Waals surface area contributed by atoms with Crippen molar-refractivity contribution in [1.82, 2.24) is 20.1 Å². The Morgan fingerprint density at radius 1 is 1.17 bits per heavy atom. The second-order valence-electron chi connectivity index (χ2n) is 6.80. The van der Waals surface area contributed by atoms with Crippen molar-refractivity contribution in [2.24, 2.45) is 11.8 Å². The normalized spacial score (nSPS) is 20.3. The average molecular weight is 312 g/mol. The fourth-order valence-electron chi connectivity index (χ4n) is 3.19. The molecule has 1 aromatic carbocycles. The summed E-state index contributed by atoms with van der Waals surface area (Å²) in [6.45, 7) is 3.78. The van der Waals surface area contributed by atoms with Gasteiger partial charge in [0.2, 0.25) is 0 Å². The smallest absolute Gasteiger partial charge is 0.132 e. The molecular weight excluding hydrogens is 288 g/mol. The molecule has 0 saturated heterocycles. The lowest BCUT2D eigenvalue weighted by molar-refractivity contribution is 0.295. The first-order valence-electron chi connectivity index (χ1n) is 8.66. The molecule has 1 unspecified atom stereocenters. The maximum Gasteiger partial charge on any atom is 0.132 e. The van der Waals surface area contributed by atoms with E-state index in [-0.39, 0.29) is 0 Å². The Morgan fingerprint density at radius 2 is 2.09 bits per heavy atom. The van der Waals surface area contributed by atoms with Gasteiger partial charge in [-0.25, -0.2) is 0 Å². The van der Waals surface area contributed by atoms with Crippen LogP contribution in [0.5, 0.6) is 5.75 Å². The molecule has 1 atom stereocenters. The van der Waals surface area contributed by atoms with Crippen LogP contribution in [0.3, 0.4) is 0 Å². The van der Waals surface area contributed by atoms with Crippen molar-refractivity contribution in [2.45, 2.75) is 38.8 Å². The van der Waals surface area contributed by atoms with Gasteiger partial charge in [-0.3, -0.25) is 0 Å². The number of nitrogens with zero attached hydrogens (tertiary/aromatic N) is 3. The Kier molecular flexibility index (Phi) is 4.28. The molecule has 1 aliphatic carbocycles. The third-order valence-electron chi connectivity index (χ3n) is 4.82. The first-order valence-corrected chi connectivity index (χ1v) is 8.66. The number of rotatable bonds is 7. The van der Waals surface area contributed by atoms with E-state index in [0.29, 0.717) is 5.92 Å². The molecule has 23 heavy (non-hydrogen) atoms. The third kappa shape index (κ3) is 3.72. The molecule has 122 valence electrons. The van der Waals surface area contributed by atoms with E-state index in [1.807, 2.05) is 6.33 Å². The standard InChI is InChI=1S/C18H24N4O/c1-2-4-17(23-12-14-5-6-14)16(3-1)10-19-9-15-7-8-18-21-20-13-22(18)11-15/h1-4,13-15,19H,5-12H2. The summed E-state index contributed by atoms with van der Waals surface area (Å²) in [6.07, 6.45) is 6.72. The molecule has 2 aliphatic rings. The second-order valence-corrected chi connectivity index (χ2v) is 6.80. The zero-order valence-corrected chi connectivity index (χ0v) is 13.4. The maximum atomic E-state index is 5.98. The van der Waals surface area contributed by atoms with Gasteiger partial charge in [-0.2, -0.15) is 0 Å². The minimum Gasteiger partial charge on any atom is -0.493 e. The lowest BCUT2D eigenvalue weighted by atomic mass is 9.99. The number of nitrogens with one attached hydrogen (secondary N) is 1. The van der Waals surface area contributed by atoms with Crippen LogP contribution in [0.25, 0.3) is 0 Å². The highest BCUT2D eigenvalue weighted by Crippen LogP contribution is 2.30. The zero-order valence-electron chi connectivity index (χ0n) is 13.4. The van der Waals surface area contributed by atoms with Crippen LogP contribution >= 0.6 is 0 Å². The van der Waals surface area contributed by atoms with Crippen LogP contribution in [0.2, 0.25) is 0 Å². The molecular formula is C18H24N4O. The largest absolute Gasteiger partial charge is 0.493 e. The molecule has 4 rings (SSSR count). The third-order valence-corrected chi connectivity index (χ3v) is 4.82. The summed E-state index contributed by atoms with van der Waals surface area (Å²) in [7, 11) is 0. The Bertz CT molecular complexity index is 650. The quantitative estimate of drug-likeness (QED) is 0.853. The Hall–Kier alpha value is -1.88. The molecule has 1 aromatic heterocycles. The van der Waals surface area contributed by atoms with E-state index in [9.17, 15) is 0 Å². The summed E-state index contributed by atoms with van der Waals surface area (Å²) in [5, 5.41) is 11.7. The van der Waals surface area contributed by atoms with Crippen LogP contribution in [0.15, 0.2) is 30.6 Å². The lowest BCUT2D eigenvalue weighted by Crippen LogP contribution is -2.29. The number of aryl methyl sites for hydroxylation is 1. The fraction of sp³-hybridized carbons (Fsp3) is 0.556. The minimum atomic E-state index is 0.651. The molecule has 1 fully saturated rings. The van der Waals surface area contributed by atoms with Gasteiger partial charge in [-0.15, -0.1) is 10.2 Å². The number of hydrogen-bond donors (Lipinski definition) is 1. The van der Waals surface area contributed by atoms with E-state index in [1.165, 1.54) is 24.8 Å². The predicted octanol–water partition coefficient (Wildman–Crippen LogP) is 2.42. The van der Waals surface area contributed by atoms with E-state index >= 15 is 0 Å². The van der Waals surface area contributed by atoms with Crippen molar-refractivity contribution in [3.8, 4) is 5.75 Å². The summed E-state index contributed by atoms with van der Waals surface area (Å²) < 4.78 is 8.16. The van der Waals surface area contributed by atoms with Gasteiger partial charge in [-0.05, 0) is 43.7 Å². The number of aromatic nitrogens is 3. The molecule has 5 nitrogen and oxygen atoms in total. The summed E-state index contributed by atoms with van der Waals surface area (Å²) in [4.78, 5) is 0.